The number of para-hydroxylation sites is 1. The van der Waals surface area contributed by atoms with Crippen LogP contribution in [-0.2, 0) is 6.54 Å². The van der Waals surface area contributed by atoms with E-state index in [1.807, 2.05) is 12.1 Å². The molecule has 0 aliphatic heterocycles. The van der Waals surface area contributed by atoms with Crippen molar-refractivity contribution in [2.45, 2.75) is 33.2 Å². The third-order valence-corrected chi connectivity index (χ3v) is 3.72. The lowest BCUT2D eigenvalue weighted by molar-refractivity contribution is 0.0661. The molecule has 0 unspecified atom stereocenters. The van der Waals surface area contributed by atoms with Gasteiger partial charge in [0.25, 0.3) is 0 Å². The quantitative estimate of drug-likeness (QED) is 0.823. The Morgan fingerprint density at radius 2 is 1.95 bits per heavy atom. The smallest absolute Gasteiger partial charge is 0.372 e. The number of nitrogens with zero attached hydrogens (tertiary/aromatic N) is 1. The fraction of sp³-hybridized carbons (Fsp3) is 0.438. The molecule has 2 aromatic rings. The molecule has 5 heteroatoms. The normalized spacial score (nSPS) is 11.4. The molecule has 1 aromatic carbocycles. The molecule has 4 nitrogen and oxygen atoms in total. The second-order valence-corrected chi connectivity index (χ2v) is 5.51. The standard InChI is InChI=1S/C16H20ClNO3/c1-3-8-18(9-4-2)10-12-11-6-5-7-13(17)14(11)21-15(12)16(19)20/h5-7H,3-4,8-10H2,1-2H3,(H,19,20). The molecule has 2 rings (SSSR count). The summed E-state index contributed by atoms with van der Waals surface area (Å²) in [5.41, 5.74) is 1.17. The maximum atomic E-state index is 11.4. The molecule has 0 fully saturated rings. The first-order valence-electron chi connectivity index (χ1n) is 7.24. The first kappa shape index (κ1) is 15.9. The van der Waals surface area contributed by atoms with E-state index < -0.39 is 5.97 Å². The van der Waals surface area contributed by atoms with E-state index in [1.165, 1.54) is 0 Å². The van der Waals surface area contributed by atoms with Gasteiger partial charge in [-0.15, -0.1) is 0 Å². The van der Waals surface area contributed by atoms with Gasteiger partial charge >= 0.3 is 5.97 Å². The van der Waals surface area contributed by atoms with Crippen molar-refractivity contribution in [3.63, 3.8) is 0 Å². The van der Waals surface area contributed by atoms with E-state index in [1.54, 1.807) is 6.07 Å². The van der Waals surface area contributed by atoms with Crippen LogP contribution in [0.1, 0.15) is 42.8 Å². The summed E-state index contributed by atoms with van der Waals surface area (Å²) >= 11 is 6.11. The van der Waals surface area contributed by atoms with E-state index in [0.717, 1.165) is 31.3 Å². The minimum Gasteiger partial charge on any atom is -0.475 e. The number of aromatic carboxylic acids is 1. The number of hydrogen-bond acceptors (Lipinski definition) is 3. The molecule has 0 aliphatic carbocycles. The number of carboxylic acids is 1. The highest BCUT2D eigenvalue weighted by atomic mass is 35.5. The van der Waals surface area contributed by atoms with Crippen LogP contribution in [0.15, 0.2) is 22.6 Å². The third kappa shape index (κ3) is 3.39. The summed E-state index contributed by atoms with van der Waals surface area (Å²) in [7, 11) is 0. The maximum Gasteiger partial charge on any atom is 0.372 e. The van der Waals surface area contributed by atoms with Gasteiger partial charge in [-0.05, 0) is 32.0 Å². The van der Waals surface area contributed by atoms with Crippen molar-refractivity contribution in [1.82, 2.24) is 4.90 Å². The van der Waals surface area contributed by atoms with Gasteiger partial charge in [0, 0.05) is 17.5 Å². The average molecular weight is 310 g/mol. The van der Waals surface area contributed by atoms with E-state index in [2.05, 4.69) is 18.7 Å². The van der Waals surface area contributed by atoms with Gasteiger partial charge < -0.3 is 9.52 Å². The molecular formula is C16H20ClNO3. The van der Waals surface area contributed by atoms with Crippen LogP contribution in [0.2, 0.25) is 5.02 Å². The third-order valence-electron chi connectivity index (χ3n) is 3.43. The van der Waals surface area contributed by atoms with Crippen LogP contribution >= 0.6 is 11.6 Å². The van der Waals surface area contributed by atoms with E-state index in [9.17, 15) is 9.90 Å². The number of rotatable bonds is 7. The SMILES string of the molecule is CCCN(CCC)Cc1c(C(=O)O)oc2c(Cl)cccc12. The second-order valence-electron chi connectivity index (χ2n) is 5.11. The molecule has 21 heavy (non-hydrogen) atoms. The molecule has 0 radical (unpaired) electrons. The van der Waals surface area contributed by atoms with E-state index in [-0.39, 0.29) is 5.76 Å². The van der Waals surface area contributed by atoms with Gasteiger partial charge in [0.2, 0.25) is 5.76 Å². The van der Waals surface area contributed by atoms with Crippen molar-refractivity contribution in [1.29, 1.82) is 0 Å². The lowest BCUT2D eigenvalue weighted by Gasteiger charge is -2.20. The Balaban J connectivity index is 2.47. The van der Waals surface area contributed by atoms with Gasteiger partial charge in [-0.3, -0.25) is 4.90 Å². The highest BCUT2D eigenvalue weighted by Gasteiger charge is 2.22. The fourth-order valence-corrected chi connectivity index (χ4v) is 2.80. The van der Waals surface area contributed by atoms with Crippen molar-refractivity contribution < 1.29 is 14.3 Å². The molecular weight excluding hydrogens is 290 g/mol. The lowest BCUT2D eigenvalue weighted by atomic mass is 10.1. The summed E-state index contributed by atoms with van der Waals surface area (Å²) < 4.78 is 5.49. The molecule has 0 bridgehead atoms. The summed E-state index contributed by atoms with van der Waals surface area (Å²) in [5.74, 6) is -1.06. The fourth-order valence-electron chi connectivity index (χ4n) is 2.59. The monoisotopic (exact) mass is 309 g/mol. The maximum absolute atomic E-state index is 11.4. The number of hydrogen-bond donors (Lipinski definition) is 1. The van der Waals surface area contributed by atoms with Crippen molar-refractivity contribution in [2.75, 3.05) is 13.1 Å². The first-order chi connectivity index (χ1) is 10.1. The number of carbonyl (C=O) groups is 1. The van der Waals surface area contributed by atoms with E-state index >= 15 is 0 Å². The molecule has 1 heterocycles. The Hall–Kier alpha value is -1.52. The predicted molar refractivity (Wildman–Crippen MR) is 84.0 cm³/mol. The zero-order valence-corrected chi connectivity index (χ0v) is 13.1. The Kier molecular flexibility index (Phi) is 5.26. The Labute approximate surface area is 129 Å². The average Bonchev–Trinajstić information content (AvgIpc) is 2.80. The van der Waals surface area contributed by atoms with Gasteiger partial charge in [0.05, 0.1) is 5.02 Å². The highest BCUT2D eigenvalue weighted by Crippen LogP contribution is 2.32. The largest absolute Gasteiger partial charge is 0.475 e. The van der Waals surface area contributed by atoms with Crippen LogP contribution in [0, 0.1) is 0 Å². The van der Waals surface area contributed by atoms with Gasteiger partial charge in [-0.2, -0.15) is 0 Å². The van der Waals surface area contributed by atoms with E-state index in [4.69, 9.17) is 16.0 Å². The highest BCUT2D eigenvalue weighted by molar-refractivity contribution is 6.35. The Morgan fingerprint density at radius 3 is 2.52 bits per heavy atom. The van der Waals surface area contributed by atoms with Crippen LogP contribution in [0.25, 0.3) is 11.0 Å². The summed E-state index contributed by atoms with van der Waals surface area (Å²) in [6, 6.07) is 5.39. The number of carboxylic acid groups (broad SMARTS) is 1. The van der Waals surface area contributed by atoms with Crippen LogP contribution in [-0.4, -0.2) is 29.1 Å². The van der Waals surface area contributed by atoms with Crippen LogP contribution in [0.4, 0.5) is 0 Å². The molecule has 1 aromatic heterocycles. The van der Waals surface area contributed by atoms with Crippen molar-refractivity contribution in [3.8, 4) is 0 Å². The van der Waals surface area contributed by atoms with Gasteiger partial charge in [0.1, 0.15) is 0 Å². The molecule has 0 aliphatic rings. The molecule has 0 saturated carbocycles. The number of fused-ring (bicyclic) bond motifs is 1. The second kappa shape index (κ2) is 6.96. The Bertz CT molecular complexity index is 630. The molecule has 0 saturated heterocycles. The van der Waals surface area contributed by atoms with Crippen LogP contribution in [0.5, 0.6) is 0 Å². The van der Waals surface area contributed by atoms with Crippen molar-refractivity contribution in [3.05, 3.63) is 34.5 Å². The first-order valence-corrected chi connectivity index (χ1v) is 7.61. The van der Waals surface area contributed by atoms with Gasteiger partial charge in [-0.25, -0.2) is 4.79 Å². The summed E-state index contributed by atoms with van der Waals surface area (Å²) in [6.45, 7) is 6.66. The summed E-state index contributed by atoms with van der Waals surface area (Å²) in [6.07, 6.45) is 2.05. The van der Waals surface area contributed by atoms with Gasteiger partial charge in [0.15, 0.2) is 5.58 Å². The summed E-state index contributed by atoms with van der Waals surface area (Å²) in [4.78, 5) is 13.7. The zero-order chi connectivity index (χ0) is 15.4. The molecule has 0 atom stereocenters. The molecule has 114 valence electrons. The lowest BCUT2D eigenvalue weighted by Crippen LogP contribution is -2.25. The Morgan fingerprint density at radius 1 is 1.29 bits per heavy atom. The van der Waals surface area contributed by atoms with Gasteiger partial charge in [-0.1, -0.05) is 37.6 Å². The van der Waals surface area contributed by atoms with Crippen LogP contribution < -0.4 is 0 Å². The summed E-state index contributed by atoms with van der Waals surface area (Å²) in [5, 5.41) is 10.6. The molecule has 0 spiro atoms. The topological polar surface area (TPSA) is 53.7 Å². The van der Waals surface area contributed by atoms with Crippen LogP contribution in [0.3, 0.4) is 0 Å². The molecule has 1 N–H and O–H groups in total. The minimum absolute atomic E-state index is 0.00435. The zero-order valence-electron chi connectivity index (χ0n) is 12.4. The molecule has 0 amide bonds. The van der Waals surface area contributed by atoms with Crippen molar-refractivity contribution in [2.24, 2.45) is 0 Å². The predicted octanol–water partition coefficient (Wildman–Crippen LogP) is 4.41. The minimum atomic E-state index is -1.05. The number of halogens is 1. The number of furan rings is 1. The van der Waals surface area contributed by atoms with E-state index in [0.29, 0.717) is 22.7 Å². The van der Waals surface area contributed by atoms with Crippen molar-refractivity contribution >= 4 is 28.5 Å². The number of benzene rings is 1.